The Morgan fingerprint density at radius 2 is 1.94 bits per heavy atom. The summed E-state index contributed by atoms with van der Waals surface area (Å²) < 4.78 is 40.0. The summed E-state index contributed by atoms with van der Waals surface area (Å²) >= 11 is 0. The molecule has 6 rings (SSSR count). The van der Waals surface area contributed by atoms with E-state index in [-0.39, 0.29) is 12.1 Å². The summed E-state index contributed by atoms with van der Waals surface area (Å²) in [4.78, 5) is 9.04. The van der Waals surface area contributed by atoms with Crippen molar-refractivity contribution in [3.05, 3.63) is 48.2 Å². The van der Waals surface area contributed by atoms with E-state index in [1.54, 1.807) is 13.3 Å². The predicted octanol–water partition coefficient (Wildman–Crippen LogP) is 2.28. The van der Waals surface area contributed by atoms with Gasteiger partial charge >= 0.3 is 10.2 Å². The second-order valence-electron chi connectivity index (χ2n) is 9.98. The van der Waals surface area contributed by atoms with Crippen LogP contribution in [0.1, 0.15) is 56.7 Å². The molecule has 0 N–H and O–H groups in total. The minimum atomic E-state index is -3.87. The maximum absolute atomic E-state index is 14.5. The van der Waals surface area contributed by atoms with E-state index in [0.717, 1.165) is 37.2 Å². The van der Waals surface area contributed by atoms with Crippen LogP contribution in [0.5, 0.6) is 5.75 Å². The van der Waals surface area contributed by atoms with E-state index in [2.05, 4.69) is 19.9 Å². The third kappa shape index (κ3) is 3.80. The molecule has 2 unspecified atom stereocenters. The van der Waals surface area contributed by atoms with Gasteiger partial charge in [-0.1, -0.05) is 24.6 Å². The quantitative estimate of drug-likeness (QED) is 0.638. The van der Waals surface area contributed by atoms with Gasteiger partial charge in [-0.25, -0.2) is 14.0 Å². The summed E-state index contributed by atoms with van der Waals surface area (Å²) in [5.74, 6) is 1.28. The molecule has 0 radical (unpaired) electrons. The first-order valence-electron chi connectivity index (χ1n) is 12.6. The normalized spacial score (nSPS) is 25.5. The fourth-order valence-electron chi connectivity index (χ4n) is 5.81. The second kappa shape index (κ2) is 8.79. The molecule has 2 fully saturated rings. The largest absolute Gasteiger partial charge is 0.491 e. The van der Waals surface area contributed by atoms with Gasteiger partial charge in [0.1, 0.15) is 30.5 Å². The van der Waals surface area contributed by atoms with Crippen LogP contribution in [0.4, 0.5) is 0 Å². The maximum Gasteiger partial charge on any atom is 0.306 e. The standard InChI is InChI=1S/C24H33N7O3S/c1-18(2)30-23(25-17-26-30)21-16-28-13-14-34-22-9-4-3-8-20(22)24(28)31(21)35(32,33)29-12-11-27-10-6-5-7-19(27)15-29/h3-4,8-9,16-19,24H,5-7,10-15H2,1-2H3. The highest BCUT2D eigenvalue weighted by Crippen LogP contribution is 2.46. The van der Waals surface area contributed by atoms with Crippen molar-refractivity contribution in [3.63, 3.8) is 0 Å². The van der Waals surface area contributed by atoms with Crippen LogP contribution >= 0.6 is 0 Å². The molecule has 0 aliphatic carbocycles. The van der Waals surface area contributed by atoms with Crippen molar-refractivity contribution in [1.82, 2.24) is 33.2 Å². The molecule has 4 aliphatic heterocycles. The van der Waals surface area contributed by atoms with E-state index in [1.807, 2.05) is 44.3 Å². The summed E-state index contributed by atoms with van der Waals surface area (Å²) in [7, 11) is -3.87. The van der Waals surface area contributed by atoms with Crippen molar-refractivity contribution in [2.45, 2.75) is 51.4 Å². The zero-order chi connectivity index (χ0) is 24.2. The van der Waals surface area contributed by atoms with E-state index in [4.69, 9.17) is 4.74 Å². The van der Waals surface area contributed by atoms with Crippen molar-refractivity contribution in [3.8, 4) is 5.75 Å². The summed E-state index contributed by atoms with van der Waals surface area (Å²) in [6, 6.07) is 8.06. The zero-order valence-electron chi connectivity index (χ0n) is 20.3. The first kappa shape index (κ1) is 22.8. The molecule has 5 heterocycles. The van der Waals surface area contributed by atoms with Crippen molar-refractivity contribution < 1.29 is 13.2 Å². The molecule has 2 aromatic rings. The Labute approximate surface area is 206 Å². The maximum atomic E-state index is 14.5. The highest BCUT2D eigenvalue weighted by atomic mass is 32.2. The molecule has 2 saturated heterocycles. The van der Waals surface area contributed by atoms with Gasteiger partial charge in [-0.2, -0.15) is 17.8 Å². The van der Waals surface area contributed by atoms with Gasteiger partial charge in [0.2, 0.25) is 0 Å². The van der Waals surface area contributed by atoms with Crippen LogP contribution in [-0.4, -0.2) is 87.0 Å². The van der Waals surface area contributed by atoms with Crippen molar-refractivity contribution in [2.24, 2.45) is 0 Å². The number of rotatable bonds is 4. The number of nitrogens with zero attached hydrogens (tertiary/aromatic N) is 7. The number of hydrogen-bond donors (Lipinski definition) is 0. The van der Waals surface area contributed by atoms with Gasteiger partial charge in [0.15, 0.2) is 5.82 Å². The highest BCUT2D eigenvalue weighted by Gasteiger charge is 2.48. The number of fused-ring (bicyclic) bond motifs is 4. The molecule has 11 heteroatoms. The number of benzene rings is 1. The number of para-hydroxylation sites is 1. The molecule has 4 aliphatic rings. The summed E-state index contributed by atoms with van der Waals surface area (Å²) in [6.07, 6.45) is 6.29. The molecule has 1 aromatic carbocycles. The number of piperazine rings is 1. The van der Waals surface area contributed by atoms with Gasteiger partial charge in [-0.15, -0.1) is 0 Å². The average molecular weight is 500 g/mol. The molecular formula is C24H33N7O3S. The lowest BCUT2D eigenvalue weighted by Crippen LogP contribution is -2.58. The van der Waals surface area contributed by atoms with E-state index in [1.165, 1.54) is 12.7 Å². The minimum absolute atomic E-state index is 0.0414. The van der Waals surface area contributed by atoms with Crippen LogP contribution in [0.25, 0.3) is 5.70 Å². The Morgan fingerprint density at radius 3 is 2.80 bits per heavy atom. The Hall–Kier alpha value is -2.63. The Balaban J connectivity index is 1.45. The number of hydrogen-bond acceptors (Lipinski definition) is 7. The van der Waals surface area contributed by atoms with Crippen LogP contribution in [0.3, 0.4) is 0 Å². The molecule has 10 nitrogen and oxygen atoms in total. The first-order valence-corrected chi connectivity index (χ1v) is 14.0. The summed E-state index contributed by atoms with van der Waals surface area (Å²) in [6.45, 7) is 7.94. The number of ether oxygens (including phenoxy) is 1. The molecule has 0 saturated carbocycles. The van der Waals surface area contributed by atoms with E-state index in [9.17, 15) is 8.42 Å². The summed E-state index contributed by atoms with van der Waals surface area (Å²) in [5, 5.41) is 4.40. The van der Waals surface area contributed by atoms with Gasteiger partial charge in [0.05, 0.1) is 6.54 Å². The zero-order valence-corrected chi connectivity index (χ0v) is 21.1. The minimum Gasteiger partial charge on any atom is -0.491 e. The van der Waals surface area contributed by atoms with Crippen molar-refractivity contribution >= 4 is 15.9 Å². The van der Waals surface area contributed by atoms with Crippen LogP contribution in [0, 0.1) is 0 Å². The molecule has 35 heavy (non-hydrogen) atoms. The predicted molar refractivity (Wildman–Crippen MR) is 131 cm³/mol. The van der Waals surface area contributed by atoms with Gasteiger partial charge < -0.3 is 9.64 Å². The van der Waals surface area contributed by atoms with Crippen molar-refractivity contribution in [1.29, 1.82) is 0 Å². The van der Waals surface area contributed by atoms with Crippen LogP contribution < -0.4 is 4.74 Å². The SMILES string of the molecule is CC(C)n1ncnc1C1=CN2CCOc3ccccc3C2N1S(=O)(=O)N1CCN2CCCCC2C1. The monoisotopic (exact) mass is 499 g/mol. The van der Waals surface area contributed by atoms with Crippen LogP contribution in [0.2, 0.25) is 0 Å². The molecule has 2 atom stereocenters. The lowest BCUT2D eigenvalue weighted by atomic mass is 10.0. The van der Waals surface area contributed by atoms with Gasteiger partial charge in [-0.05, 0) is 39.3 Å². The second-order valence-corrected chi connectivity index (χ2v) is 11.8. The third-order valence-corrected chi connectivity index (χ3v) is 9.41. The smallest absolute Gasteiger partial charge is 0.306 e. The fourth-order valence-corrected chi connectivity index (χ4v) is 7.59. The molecule has 0 spiro atoms. The Kier molecular flexibility index (Phi) is 5.73. The van der Waals surface area contributed by atoms with E-state index in [0.29, 0.717) is 37.8 Å². The number of aromatic nitrogens is 3. The lowest BCUT2D eigenvalue weighted by molar-refractivity contribution is 0.0812. The lowest BCUT2D eigenvalue weighted by Gasteiger charge is -2.45. The highest BCUT2D eigenvalue weighted by molar-refractivity contribution is 7.87. The molecule has 0 bridgehead atoms. The molecule has 0 amide bonds. The topological polar surface area (TPSA) is 87.0 Å². The fraction of sp³-hybridized carbons (Fsp3) is 0.583. The Bertz CT molecular complexity index is 1230. The van der Waals surface area contributed by atoms with Gasteiger partial charge in [0.25, 0.3) is 0 Å². The number of piperidine rings is 1. The van der Waals surface area contributed by atoms with Crippen molar-refractivity contribution in [2.75, 3.05) is 39.3 Å². The first-order chi connectivity index (χ1) is 16.9. The Morgan fingerprint density at radius 1 is 1.09 bits per heavy atom. The molecule has 188 valence electrons. The van der Waals surface area contributed by atoms with E-state index < -0.39 is 16.4 Å². The van der Waals surface area contributed by atoms with Gasteiger partial charge in [0, 0.05) is 43.5 Å². The average Bonchev–Trinajstić information content (AvgIpc) is 3.46. The van der Waals surface area contributed by atoms with E-state index >= 15 is 0 Å². The van der Waals surface area contributed by atoms with Crippen LogP contribution in [0.15, 0.2) is 36.8 Å². The van der Waals surface area contributed by atoms with Gasteiger partial charge in [-0.3, -0.25) is 4.90 Å². The molecular weight excluding hydrogens is 466 g/mol. The summed E-state index contributed by atoms with van der Waals surface area (Å²) in [5.41, 5.74) is 1.40. The molecule has 1 aromatic heterocycles. The third-order valence-electron chi connectivity index (χ3n) is 7.53. The van der Waals surface area contributed by atoms with Crippen LogP contribution in [-0.2, 0) is 10.2 Å².